The third-order valence-electron chi connectivity index (χ3n) is 7.76. The molecule has 0 heterocycles. The smallest absolute Gasteiger partial charge is 0.462 e. The van der Waals surface area contributed by atoms with E-state index >= 15 is 0 Å². The second-order valence-corrected chi connectivity index (χ2v) is 14.6. The number of aliphatic hydroxyl groups excluding tert-OH is 2. The lowest BCUT2D eigenvalue weighted by Crippen LogP contribution is -2.29. The molecular weight excluding hydrogens is 651 g/mol. The number of ether oxygens (including phenoxy) is 2. The summed E-state index contributed by atoms with van der Waals surface area (Å²) in [4.78, 5) is 46.7. The highest BCUT2D eigenvalue weighted by atomic mass is 31.2. The molecule has 0 bridgehead atoms. The third-order valence-corrected chi connectivity index (χ3v) is 8.71. The van der Waals surface area contributed by atoms with Gasteiger partial charge < -0.3 is 24.6 Å². The van der Waals surface area contributed by atoms with E-state index in [0.29, 0.717) is 19.3 Å². The second kappa shape index (κ2) is 32.1. The van der Waals surface area contributed by atoms with Crippen molar-refractivity contribution in [2.75, 3.05) is 26.4 Å². The van der Waals surface area contributed by atoms with Gasteiger partial charge in [-0.05, 0) is 44.1 Å². The van der Waals surface area contributed by atoms with Crippen LogP contribution in [0.4, 0.5) is 0 Å². The van der Waals surface area contributed by atoms with Gasteiger partial charge in [0, 0.05) is 19.3 Å². The molecule has 49 heavy (non-hydrogen) atoms. The number of unbranched alkanes of at least 4 members (excludes halogenated alkanes) is 13. The molecule has 0 aliphatic rings. The van der Waals surface area contributed by atoms with Gasteiger partial charge in [0.1, 0.15) is 12.7 Å². The lowest BCUT2D eigenvalue weighted by molar-refractivity contribution is -0.161. The number of phosphoric ester groups is 1. The van der Waals surface area contributed by atoms with E-state index in [4.69, 9.17) is 19.1 Å². The minimum Gasteiger partial charge on any atom is -0.462 e. The molecule has 11 nitrogen and oxygen atoms in total. The molecule has 0 spiro atoms. The fourth-order valence-corrected chi connectivity index (χ4v) is 5.59. The van der Waals surface area contributed by atoms with Gasteiger partial charge in [-0.2, -0.15) is 0 Å². The van der Waals surface area contributed by atoms with Crippen molar-refractivity contribution in [1.29, 1.82) is 0 Å². The van der Waals surface area contributed by atoms with Crippen molar-refractivity contribution in [1.82, 2.24) is 0 Å². The fourth-order valence-electron chi connectivity index (χ4n) is 4.80. The maximum atomic E-state index is 12.5. The van der Waals surface area contributed by atoms with Crippen LogP contribution in [0, 0.1) is 5.92 Å². The van der Waals surface area contributed by atoms with Crippen LogP contribution in [0.2, 0.25) is 0 Å². The van der Waals surface area contributed by atoms with Crippen LogP contribution in [0.5, 0.6) is 0 Å². The average molecular weight is 719 g/mol. The summed E-state index contributed by atoms with van der Waals surface area (Å²) in [7, 11) is -4.63. The Morgan fingerprint density at radius 3 is 1.90 bits per heavy atom. The highest BCUT2D eigenvalue weighted by Gasteiger charge is 2.27. The van der Waals surface area contributed by atoms with E-state index in [0.717, 1.165) is 57.3 Å². The first-order valence-electron chi connectivity index (χ1n) is 18.6. The van der Waals surface area contributed by atoms with Crippen molar-refractivity contribution in [3.05, 3.63) is 24.3 Å². The van der Waals surface area contributed by atoms with Gasteiger partial charge >= 0.3 is 19.8 Å². The van der Waals surface area contributed by atoms with Crippen LogP contribution in [-0.4, -0.2) is 71.5 Å². The standard InChI is InChI=1S/C37H67O11P/c1-4-5-6-7-9-14-19-24-33(39)25-20-15-12-17-21-26-36(41)45-30-35(31-47-49(43,44)46-29-34(40)28-38)48-37(42)27-22-16-11-8-10-13-18-23-32(2)3/h9,14,19,24,32,34-35,38,40H,4-8,10-13,15-18,20-23,25-31H2,1-3H3,(H,43,44)/b14-9-,24-19+/t34-,35+/m0/s1. The summed E-state index contributed by atoms with van der Waals surface area (Å²) in [5.41, 5.74) is 0. The Hall–Kier alpha value is -1.88. The molecule has 0 fully saturated rings. The van der Waals surface area contributed by atoms with E-state index < -0.39 is 51.8 Å². The van der Waals surface area contributed by atoms with Crippen LogP contribution < -0.4 is 0 Å². The monoisotopic (exact) mass is 718 g/mol. The predicted octanol–water partition coefficient (Wildman–Crippen LogP) is 8.09. The molecule has 0 saturated carbocycles. The Kier molecular flexibility index (Phi) is 30.8. The Bertz CT molecular complexity index is 951. The number of aliphatic hydroxyl groups is 2. The first kappa shape index (κ1) is 47.1. The number of phosphoric acid groups is 1. The minimum absolute atomic E-state index is 0.107. The number of ketones is 1. The largest absolute Gasteiger partial charge is 0.472 e. The molecule has 0 rings (SSSR count). The van der Waals surface area contributed by atoms with Gasteiger partial charge in [-0.25, -0.2) is 4.57 Å². The van der Waals surface area contributed by atoms with Gasteiger partial charge in [-0.15, -0.1) is 0 Å². The molecule has 0 aromatic carbocycles. The Morgan fingerprint density at radius 1 is 0.714 bits per heavy atom. The second-order valence-electron chi connectivity index (χ2n) is 13.1. The van der Waals surface area contributed by atoms with Crippen molar-refractivity contribution in [2.45, 2.75) is 161 Å². The summed E-state index contributed by atoms with van der Waals surface area (Å²) < 4.78 is 32.4. The Morgan fingerprint density at radius 2 is 1.29 bits per heavy atom. The van der Waals surface area contributed by atoms with Crippen LogP contribution in [0.15, 0.2) is 24.3 Å². The van der Waals surface area contributed by atoms with Crippen LogP contribution in [0.3, 0.4) is 0 Å². The lowest BCUT2D eigenvalue weighted by Gasteiger charge is -2.20. The van der Waals surface area contributed by atoms with Gasteiger partial charge in [-0.1, -0.05) is 116 Å². The van der Waals surface area contributed by atoms with E-state index in [1.54, 1.807) is 12.2 Å². The summed E-state index contributed by atoms with van der Waals surface area (Å²) in [5, 5.41) is 18.2. The van der Waals surface area contributed by atoms with Crippen LogP contribution in [0.25, 0.3) is 0 Å². The first-order valence-corrected chi connectivity index (χ1v) is 20.1. The zero-order valence-corrected chi connectivity index (χ0v) is 31.5. The number of rotatable bonds is 34. The molecule has 1 unspecified atom stereocenters. The fraction of sp³-hybridized carbons (Fsp3) is 0.811. The summed E-state index contributed by atoms with van der Waals surface area (Å²) >= 11 is 0. The maximum absolute atomic E-state index is 12.5. The molecular formula is C37H67O11P. The van der Waals surface area contributed by atoms with E-state index in [-0.39, 0.29) is 25.2 Å². The Labute approximate surface area is 295 Å². The van der Waals surface area contributed by atoms with Crippen molar-refractivity contribution < 1.29 is 52.6 Å². The van der Waals surface area contributed by atoms with Gasteiger partial charge in [0.15, 0.2) is 11.9 Å². The Balaban J connectivity index is 4.45. The summed E-state index contributed by atoms with van der Waals surface area (Å²) in [6.45, 7) is 4.40. The number of carbonyl (C=O) groups is 3. The quantitative estimate of drug-likeness (QED) is 0.0194. The van der Waals surface area contributed by atoms with Gasteiger partial charge in [0.2, 0.25) is 0 Å². The van der Waals surface area contributed by atoms with Crippen molar-refractivity contribution in [3.63, 3.8) is 0 Å². The van der Waals surface area contributed by atoms with Gasteiger partial charge in [0.25, 0.3) is 0 Å². The number of carbonyl (C=O) groups excluding carboxylic acids is 3. The normalized spacial score (nSPS) is 14.3. The first-order chi connectivity index (χ1) is 23.5. The van der Waals surface area contributed by atoms with Crippen molar-refractivity contribution in [2.24, 2.45) is 5.92 Å². The predicted molar refractivity (Wildman–Crippen MR) is 192 cm³/mol. The molecule has 0 aromatic heterocycles. The SMILES string of the molecule is CCCCC/C=C\C=C\C(=O)CCCCCCCC(=O)OC[C@H](COP(=O)(O)OC[C@@H](O)CO)OC(=O)CCCCCCCCCC(C)C. The molecule has 0 radical (unpaired) electrons. The van der Waals surface area contributed by atoms with E-state index in [1.807, 2.05) is 6.08 Å². The van der Waals surface area contributed by atoms with E-state index in [9.17, 15) is 28.9 Å². The van der Waals surface area contributed by atoms with E-state index in [2.05, 4.69) is 31.4 Å². The van der Waals surface area contributed by atoms with Crippen LogP contribution in [-0.2, 0) is 37.5 Å². The molecule has 0 aromatic rings. The molecule has 3 N–H and O–H groups in total. The van der Waals surface area contributed by atoms with Crippen LogP contribution in [0.1, 0.15) is 149 Å². The number of hydrogen-bond acceptors (Lipinski definition) is 10. The molecule has 0 saturated heterocycles. The molecule has 12 heteroatoms. The number of esters is 2. The molecule has 0 amide bonds. The molecule has 286 valence electrons. The zero-order valence-electron chi connectivity index (χ0n) is 30.6. The summed E-state index contributed by atoms with van der Waals surface area (Å²) in [6, 6.07) is 0. The molecule has 0 aliphatic carbocycles. The van der Waals surface area contributed by atoms with Gasteiger partial charge in [0.05, 0.1) is 19.8 Å². The lowest BCUT2D eigenvalue weighted by atomic mass is 10.0. The number of hydrogen-bond donors (Lipinski definition) is 3. The van der Waals surface area contributed by atoms with Crippen molar-refractivity contribution in [3.8, 4) is 0 Å². The van der Waals surface area contributed by atoms with Crippen LogP contribution >= 0.6 is 7.82 Å². The average Bonchev–Trinajstić information content (AvgIpc) is 3.06. The zero-order chi connectivity index (χ0) is 36.6. The van der Waals surface area contributed by atoms with E-state index in [1.165, 1.54) is 44.9 Å². The minimum atomic E-state index is -4.63. The topological polar surface area (TPSA) is 166 Å². The highest BCUT2D eigenvalue weighted by Crippen LogP contribution is 2.43. The summed E-state index contributed by atoms with van der Waals surface area (Å²) in [6.07, 6.45) is 22.8. The van der Waals surface area contributed by atoms with Crippen molar-refractivity contribution >= 4 is 25.5 Å². The summed E-state index contributed by atoms with van der Waals surface area (Å²) in [5.74, 6) is -0.188. The maximum Gasteiger partial charge on any atom is 0.472 e. The van der Waals surface area contributed by atoms with Gasteiger partial charge in [-0.3, -0.25) is 23.4 Å². The highest BCUT2D eigenvalue weighted by molar-refractivity contribution is 7.47. The molecule has 0 aliphatic heterocycles. The number of allylic oxidation sites excluding steroid dienone is 4. The molecule has 3 atom stereocenters. The third kappa shape index (κ3) is 33.0.